The van der Waals surface area contributed by atoms with Gasteiger partial charge in [0.15, 0.2) is 0 Å². The van der Waals surface area contributed by atoms with Crippen LogP contribution in [0.15, 0.2) is 36.4 Å². The van der Waals surface area contributed by atoms with Crippen molar-refractivity contribution < 1.29 is 9.84 Å². The number of phenols is 1. The summed E-state index contributed by atoms with van der Waals surface area (Å²) >= 11 is 6.07. The van der Waals surface area contributed by atoms with Crippen LogP contribution in [0.25, 0.3) is 0 Å². The van der Waals surface area contributed by atoms with Crippen molar-refractivity contribution in [2.24, 2.45) is 0 Å². The molecule has 0 fully saturated rings. The number of hydrogen-bond acceptors (Lipinski definition) is 3. The van der Waals surface area contributed by atoms with Crippen LogP contribution in [0.5, 0.6) is 11.5 Å². The van der Waals surface area contributed by atoms with Crippen molar-refractivity contribution in [1.29, 1.82) is 0 Å². The lowest BCUT2D eigenvalue weighted by molar-refractivity contribution is 0.208. The molecule has 0 unspecified atom stereocenters. The zero-order valence-corrected chi connectivity index (χ0v) is 17.5. The Morgan fingerprint density at radius 3 is 2.54 bits per heavy atom. The maximum absolute atomic E-state index is 9.94. The fourth-order valence-electron chi connectivity index (χ4n) is 2.79. The molecule has 26 heavy (non-hydrogen) atoms. The third kappa shape index (κ3) is 6.39. The lowest BCUT2D eigenvalue weighted by atomic mass is 10.00. The number of hydrogen-bond donors (Lipinski definition) is 1. The normalized spacial score (nSPS) is 10.9. The van der Waals surface area contributed by atoms with Crippen molar-refractivity contribution in [2.45, 2.75) is 40.2 Å². The summed E-state index contributed by atoms with van der Waals surface area (Å²) in [6.45, 7) is 11.5. The number of phenolic OH excluding ortho intramolecular Hbond substituents is 1. The molecular formula is C21H29Cl2NO2. The van der Waals surface area contributed by atoms with Gasteiger partial charge in [0.25, 0.3) is 0 Å². The molecule has 3 nitrogen and oxygen atoms in total. The molecule has 0 heterocycles. The van der Waals surface area contributed by atoms with Crippen molar-refractivity contribution in [3.8, 4) is 11.5 Å². The molecule has 0 saturated heterocycles. The van der Waals surface area contributed by atoms with E-state index in [4.69, 9.17) is 16.3 Å². The van der Waals surface area contributed by atoms with Crippen LogP contribution in [-0.4, -0.2) is 29.7 Å². The van der Waals surface area contributed by atoms with E-state index in [1.54, 1.807) is 0 Å². The second-order valence-electron chi connectivity index (χ2n) is 6.68. The number of nitrogens with zero attached hydrogens (tertiary/aromatic N) is 1. The predicted molar refractivity (Wildman–Crippen MR) is 112 cm³/mol. The summed E-state index contributed by atoms with van der Waals surface area (Å²) in [4.78, 5) is 2.33. The van der Waals surface area contributed by atoms with E-state index in [1.165, 1.54) is 5.56 Å². The molecule has 0 atom stereocenters. The summed E-state index contributed by atoms with van der Waals surface area (Å²) in [5, 5.41) is 10.7. The third-order valence-corrected chi connectivity index (χ3v) is 4.59. The van der Waals surface area contributed by atoms with Crippen molar-refractivity contribution >= 4 is 24.0 Å². The number of aryl methyl sites for hydroxylation is 1. The standard InChI is InChI=1S/C21H28ClNO2.ClH/c1-5-23(14-17-7-6-8-18(22)12-17)9-10-25-21-11-16(4)20(24)13-19(21)15(2)3;/h6-8,11-13,15,24H,5,9-10,14H2,1-4H3;1H. The largest absolute Gasteiger partial charge is 0.508 e. The molecule has 2 aromatic carbocycles. The highest BCUT2D eigenvalue weighted by atomic mass is 35.5. The Kier molecular flexibility index (Phi) is 9.28. The van der Waals surface area contributed by atoms with Crippen molar-refractivity contribution in [3.63, 3.8) is 0 Å². The number of rotatable bonds is 8. The van der Waals surface area contributed by atoms with Gasteiger partial charge in [-0.05, 0) is 54.8 Å². The van der Waals surface area contributed by atoms with Gasteiger partial charge in [-0.15, -0.1) is 12.4 Å². The fourth-order valence-corrected chi connectivity index (χ4v) is 3.00. The molecule has 0 spiro atoms. The zero-order chi connectivity index (χ0) is 18.4. The lowest BCUT2D eigenvalue weighted by Gasteiger charge is -2.22. The van der Waals surface area contributed by atoms with Crippen LogP contribution in [-0.2, 0) is 6.54 Å². The van der Waals surface area contributed by atoms with E-state index >= 15 is 0 Å². The van der Waals surface area contributed by atoms with Crippen molar-refractivity contribution in [2.75, 3.05) is 19.7 Å². The van der Waals surface area contributed by atoms with Crippen LogP contribution in [0.1, 0.15) is 43.4 Å². The molecule has 0 radical (unpaired) electrons. The van der Waals surface area contributed by atoms with Gasteiger partial charge in [0.05, 0.1) is 0 Å². The number of halogens is 2. The summed E-state index contributed by atoms with van der Waals surface area (Å²) in [6, 6.07) is 11.7. The molecule has 0 amide bonds. The van der Waals surface area contributed by atoms with Crippen LogP contribution in [0.3, 0.4) is 0 Å². The number of ether oxygens (including phenoxy) is 1. The Hall–Kier alpha value is -1.42. The Bertz CT molecular complexity index is 704. The van der Waals surface area contributed by atoms with E-state index in [0.29, 0.717) is 18.3 Å². The van der Waals surface area contributed by atoms with E-state index in [2.05, 4.69) is 31.7 Å². The topological polar surface area (TPSA) is 32.7 Å². The smallest absolute Gasteiger partial charge is 0.123 e. The van der Waals surface area contributed by atoms with Gasteiger partial charge in [-0.1, -0.05) is 44.5 Å². The minimum absolute atomic E-state index is 0. The molecule has 144 valence electrons. The van der Waals surface area contributed by atoms with Gasteiger partial charge >= 0.3 is 0 Å². The first-order valence-corrected chi connectivity index (χ1v) is 9.21. The Balaban J connectivity index is 0.00000338. The monoisotopic (exact) mass is 397 g/mol. The minimum Gasteiger partial charge on any atom is -0.508 e. The molecule has 5 heteroatoms. The second-order valence-corrected chi connectivity index (χ2v) is 7.11. The summed E-state index contributed by atoms with van der Waals surface area (Å²) in [7, 11) is 0. The van der Waals surface area contributed by atoms with Crippen LogP contribution < -0.4 is 4.74 Å². The first-order chi connectivity index (χ1) is 11.9. The van der Waals surface area contributed by atoms with E-state index in [9.17, 15) is 5.11 Å². The van der Waals surface area contributed by atoms with Gasteiger partial charge in [0, 0.05) is 23.7 Å². The zero-order valence-electron chi connectivity index (χ0n) is 16.0. The molecule has 2 aromatic rings. The van der Waals surface area contributed by atoms with E-state index in [0.717, 1.165) is 41.5 Å². The highest BCUT2D eigenvalue weighted by molar-refractivity contribution is 6.30. The number of likely N-dealkylation sites (N-methyl/N-ethyl adjacent to an activating group) is 1. The van der Waals surface area contributed by atoms with E-state index in [-0.39, 0.29) is 12.4 Å². The Labute approximate surface area is 168 Å². The Morgan fingerprint density at radius 2 is 1.92 bits per heavy atom. The molecule has 2 rings (SSSR count). The number of aromatic hydroxyl groups is 1. The molecule has 0 saturated carbocycles. The van der Waals surface area contributed by atoms with Crippen LogP contribution in [0.4, 0.5) is 0 Å². The first-order valence-electron chi connectivity index (χ1n) is 8.83. The molecule has 0 bridgehead atoms. The van der Waals surface area contributed by atoms with Crippen molar-refractivity contribution in [3.05, 3.63) is 58.1 Å². The fraction of sp³-hybridized carbons (Fsp3) is 0.429. The predicted octanol–water partition coefficient (Wildman–Crippen LogP) is 5.80. The van der Waals surface area contributed by atoms with E-state index in [1.807, 2.05) is 37.3 Å². The van der Waals surface area contributed by atoms with Crippen LogP contribution in [0.2, 0.25) is 5.02 Å². The van der Waals surface area contributed by atoms with Crippen molar-refractivity contribution in [1.82, 2.24) is 4.90 Å². The molecule has 0 aliphatic heterocycles. The summed E-state index contributed by atoms with van der Waals surface area (Å²) in [5.41, 5.74) is 3.09. The molecule has 0 aliphatic carbocycles. The maximum Gasteiger partial charge on any atom is 0.123 e. The number of benzene rings is 2. The molecule has 0 aliphatic rings. The quantitative estimate of drug-likeness (QED) is 0.610. The molecular weight excluding hydrogens is 369 g/mol. The second kappa shape index (κ2) is 10.7. The minimum atomic E-state index is 0. The van der Waals surface area contributed by atoms with Crippen LogP contribution >= 0.6 is 24.0 Å². The van der Waals surface area contributed by atoms with Gasteiger partial charge in [-0.25, -0.2) is 0 Å². The summed E-state index contributed by atoms with van der Waals surface area (Å²) < 4.78 is 6.05. The summed E-state index contributed by atoms with van der Waals surface area (Å²) in [5.74, 6) is 1.49. The van der Waals surface area contributed by atoms with E-state index < -0.39 is 0 Å². The van der Waals surface area contributed by atoms with Gasteiger partial charge < -0.3 is 9.84 Å². The maximum atomic E-state index is 9.94. The average Bonchev–Trinajstić information content (AvgIpc) is 2.56. The molecule has 1 N–H and O–H groups in total. The average molecular weight is 398 g/mol. The van der Waals surface area contributed by atoms with Gasteiger partial charge in [-0.2, -0.15) is 0 Å². The molecule has 0 aromatic heterocycles. The van der Waals surface area contributed by atoms with Gasteiger partial charge in [0.2, 0.25) is 0 Å². The first kappa shape index (κ1) is 22.6. The van der Waals surface area contributed by atoms with Gasteiger partial charge in [-0.3, -0.25) is 4.90 Å². The summed E-state index contributed by atoms with van der Waals surface area (Å²) in [6.07, 6.45) is 0. The lowest BCUT2D eigenvalue weighted by Crippen LogP contribution is -2.28. The third-order valence-electron chi connectivity index (χ3n) is 4.36. The van der Waals surface area contributed by atoms with Crippen LogP contribution in [0, 0.1) is 6.92 Å². The highest BCUT2D eigenvalue weighted by Crippen LogP contribution is 2.32. The SMILES string of the molecule is CCN(CCOc1cc(C)c(O)cc1C(C)C)Cc1cccc(Cl)c1.Cl. The highest BCUT2D eigenvalue weighted by Gasteiger charge is 2.12. The Morgan fingerprint density at radius 1 is 1.19 bits per heavy atom. The van der Waals surface area contributed by atoms with Gasteiger partial charge in [0.1, 0.15) is 18.1 Å².